The van der Waals surface area contributed by atoms with E-state index in [2.05, 4.69) is 5.32 Å². The van der Waals surface area contributed by atoms with Crippen molar-refractivity contribution in [1.82, 2.24) is 10.2 Å². The predicted octanol–water partition coefficient (Wildman–Crippen LogP) is 1.61. The first-order chi connectivity index (χ1) is 8.19. The zero-order chi connectivity index (χ0) is 12.3. The van der Waals surface area contributed by atoms with Crippen molar-refractivity contribution in [2.45, 2.75) is 18.9 Å². The quantitative estimate of drug-likeness (QED) is 0.907. The van der Waals surface area contributed by atoms with Gasteiger partial charge in [0.1, 0.15) is 5.82 Å². The molecule has 1 aromatic rings. The van der Waals surface area contributed by atoms with Gasteiger partial charge in [0.25, 0.3) is 0 Å². The third kappa shape index (κ3) is 3.68. The van der Waals surface area contributed by atoms with Crippen molar-refractivity contribution < 1.29 is 9.18 Å². The minimum absolute atomic E-state index is 0. The molecule has 5 heteroatoms. The summed E-state index contributed by atoms with van der Waals surface area (Å²) in [6.07, 6.45) is 1.28. The van der Waals surface area contributed by atoms with Crippen LogP contribution in [-0.2, 0) is 11.2 Å². The van der Waals surface area contributed by atoms with Crippen molar-refractivity contribution in [3.8, 4) is 0 Å². The van der Waals surface area contributed by atoms with Crippen LogP contribution >= 0.6 is 12.4 Å². The zero-order valence-corrected chi connectivity index (χ0v) is 11.2. The molecular formula is C13H18ClFN2O. The van der Waals surface area contributed by atoms with Gasteiger partial charge < -0.3 is 10.2 Å². The molecule has 1 atom stereocenters. The molecule has 100 valence electrons. The van der Waals surface area contributed by atoms with Gasteiger partial charge in [-0.2, -0.15) is 0 Å². The summed E-state index contributed by atoms with van der Waals surface area (Å²) < 4.78 is 13.0. The number of likely N-dealkylation sites (tertiary alicyclic amines) is 1. The molecular weight excluding hydrogens is 255 g/mol. The predicted molar refractivity (Wildman–Crippen MR) is 71.4 cm³/mol. The van der Waals surface area contributed by atoms with Crippen LogP contribution in [0.2, 0.25) is 0 Å². The van der Waals surface area contributed by atoms with Crippen LogP contribution in [0.1, 0.15) is 12.0 Å². The van der Waals surface area contributed by atoms with Crippen LogP contribution in [0.4, 0.5) is 4.39 Å². The molecule has 1 saturated heterocycles. The zero-order valence-electron chi connectivity index (χ0n) is 10.4. The van der Waals surface area contributed by atoms with Gasteiger partial charge in [0.05, 0.1) is 6.42 Å². The number of likely N-dealkylation sites (N-methyl/N-ethyl adjacent to an activating group) is 1. The number of nitrogens with zero attached hydrogens (tertiary/aromatic N) is 1. The monoisotopic (exact) mass is 272 g/mol. The van der Waals surface area contributed by atoms with Gasteiger partial charge in [-0.05, 0) is 31.2 Å². The van der Waals surface area contributed by atoms with E-state index in [0.717, 1.165) is 25.1 Å². The van der Waals surface area contributed by atoms with Crippen LogP contribution < -0.4 is 5.32 Å². The highest BCUT2D eigenvalue weighted by molar-refractivity contribution is 5.85. The number of carbonyl (C=O) groups is 1. The molecule has 0 radical (unpaired) electrons. The van der Waals surface area contributed by atoms with Gasteiger partial charge >= 0.3 is 0 Å². The number of carbonyl (C=O) groups excluding carboxylic acids is 1. The number of rotatable bonds is 3. The van der Waals surface area contributed by atoms with Gasteiger partial charge in [-0.1, -0.05) is 12.1 Å². The lowest BCUT2D eigenvalue weighted by molar-refractivity contribution is -0.129. The average Bonchev–Trinajstić information content (AvgIpc) is 2.77. The topological polar surface area (TPSA) is 32.3 Å². The molecule has 1 aliphatic rings. The fourth-order valence-corrected chi connectivity index (χ4v) is 2.16. The fourth-order valence-electron chi connectivity index (χ4n) is 2.16. The molecule has 0 bridgehead atoms. The summed E-state index contributed by atoms with van der Waals surface area (Å²) in [4.78, 5) is 13.8. The number of nitrogens with one attached hydrogen (secondary N) is 1. The van der Waals surface area contributed by atoms with E-state index in [1.165, 1.54) is 12.1 Å². The second-order valence-electron chi connectivity index (χ2n) is 4.42. The molecule has 1 aliphatic heterocycles. The van der Waals surface area contributed by atoms with Crippen molar-refractivity contribution in [2.24, 2.45) is 0 Å². The van der Waals surface area contributed by atoms with Gasteiger partial charge in [0, 0.05) is 19.1 Å². The van der Waals surface area contributed by atoms with Crippen molar-refractivity contribution in [3.05, 3.63) is 35.6 Å². The number of benzene rings is 1. The molecule has 0 aromatic heterocycles. The van der Waals surface area contributed by atoms with Crippen molar-refractivity contribution >= 4 is 18.3 Å². The van der Waals surface area contributed by atoms with E-state index in [1.54, 1.807) is 12.1 Å². The Morgan fingerprint density at radius 1 is 1.56 bits per heavy atom. The standard InChI is InChI=1S/C13H17FN2O.ClH/c1-15-12-5-6-16(9-12)13(17)8-10-3-2-4-11(14)7-10;/h2-4,7,12,15H,5-6,8-9H2,1H3;1H. The van der Waals surface area contributed by atoms with Crippen LogP contribution in [0.25, 0.3) is 0 Å². The van der Waals surface area contributed by atoms with E-state index in [0.29, 0.717) is 6.04 Å². The Balaban J connectivity index is 0.00000162. The summed E-state index contributed by atoms with van der Waals surface area (Å²) in [7, 11) is 1.91. The summed E-state index contributed by atoms with van der Waals surface area (Å²) in [6, 6.07) is 6.63. The molecule has 3 nitrogen and oxygen atoms in total. The lowest BCUT2D eigenvalue weighted by Crippen LogP contribution is -2.34. The van der Waals surface area contributed by atoms with E-state index in [9.17, 15) is 9.18 Å². The Morgan fingerprint density at radius 2 is 2.33 bits per heavy atom. The number of halogens is 2. The largest absolute Gasteiger partial charge is 0.341 e. The highest BCUT2D eigenvalue weighted by Gasteiger charge is 2.24. The second kappa shape index (κ2) is 6.71. The lowest BCUT2D eigenvalue weighted by Gasteiger charge is -2.16. The van der Waals surface area contributed by atoms with Crippen LogP contribution in [0.5, 0.6) is 0 Å². The molecule has 1 N–H and O–H groups in total. The third-order valence-corrected chi connectivity index (χ3v) is 3.19. The molecule has 1 heterocycles. The Kier molecular flexibility index (Phi) is 5.56. The third-order valence-electron chi connectivity index (χ3n) is 3.19. The maximum absolute atomic E-state index is 13.0. The second-order valence-corrected chi connectivity index (χ2v) is 4.42. The smallest absolute Gasteiger partial charge is 0.227 e. The first-order valence-electron chi connectivity index (χ1n) is 5.88. The van der Waals surface area contributed by atoms with Crippen LogP contribution in [0.3, 0.4) is 0 Å². The number of hydrogen-bond acceptors (Lipinski definition) is 2. The Hall–Kier alpha value is -1.13. The van der Waals surface area contributed by atoms with E-state index >= 15 is 0 Å². The summed E-state index contributed by atoms with van der Waals surface area (Å²) >= 11 is 0. The molecule has 0 spiro atoms. The van der Waals surface area contributed by atoms with E-state index < -0.39 is 0 Å². The Bertz CT molecular complexity index is 414. The highest BCUT2D eigenvalue weighted by Crippen LogP contribution is 2.12. The first kappa shape index (κ1) is 14.9. The number of amides is 1. The Labute approximate surface area is 113 Å². The minimum atomic E-state index is -0.287. The van der Waals surface area contributed by atoms with Crippen molar-refractivity contribution in [1.29, 1.82) is 0 Å². The summed E-state index contributed by atoms with van der Waals surface area (Å²) in [5, 5.41) is 3.17. The van der Waals surface area contributed by atoms with E-state index in [-0.39, 0.29) is 30.6 Å². The molecule has 2 rings (SSSR count). The molecule has 1 amide bonds. The highest BCUT2D eigenvalue weighted by atomic mass is 35.5. The van der Waals surface area contributed by atoms with Gasteiger partial charge in [-0.25, -0.2) is 4.39 Å². The van der Waals surface area contributed by atoms with E-state index in [1.807, 2.05) is 11.9 Å². The molecule has 0 aliphatic carbocycles. The molecule has 0 saturated carbocycles. The number of hydrogen-bond donors (Lipinski definition) is 1. The minimum Gasteiger partial charge on any atom is -0.341 e. The SMILES string of the molecule is CNC1CCN(C(=O)Cc2cccc(F)c2)C1.Cl. The average molecular weight is 273 g/mol. The van der Waals surface area contributed by atoms with Gasteiger partial charge in [-0.3, -0.25) is 4.79 Å². The molecule has 18 heavy (non-hydrogen) atoms. The maximum Gasteiger partial charge on any atom is 0.227 e. The normalized spacial score (nSPS) is 18.6. The summed E-state index contributed by atoms with van der Waals surface area (Å²) in [5.41, 5.74) is 0.739. The maximum atomic E-state index is 13.0. The van der Waals surface area contributed by atoms with Crippen LogP contribution in [0, 0.1) is 5.82 Å². The van der Waals surface area contributed by atoms with Crippen molar-refractivity contribution in [2.75, 3.05) is 20.1 Å². The van der Waals surface area contributed by atoms with Gasteiger partial charge in [0.2, 0.25) is 5.91 Å². The summed E-state index contributed by atoms with van der Waals surface area (Å²) in [6.45, 7) is 1.55. The molecule has 1 unspecified atom stereocenters. The first-order valence-corrected chi connectivity index (χ1v) is 5.88. The molecule has 1 fully saturated rings. The van der Waals surface area contributed by atoms with Crippen LogP contribution in [0.15, 0.2) is 24.3 Å². The Morgan fingerprint density at radius 3 is 2.94 bits per heavy atom. The fraction of sp³-hybridized carbons (Fsp3) is 0.462. The lowest BCUT2D eigenvalue weighted by atomic mass is 10.1. The summed E-state index contributed by atoms with van der Waals surface area (Å²) in [5.74, 6) is -0.210. The van der Waals surface area contributed by atoms with Gasteiger partial charge in [0.15, 0.2) is 0 Å². The van der Waals surface area contributed by atoms with E-state index in [4.69, 9.17) is 0 Å². The van der Waals surface area contributed by atoms with Crippen molar-refractivity contribution in [3.63, 3.8) is 0 Å². The van der Waals surface area contributed by atoms with Crippen LogP contribution in [-0.4, -0.2) is 37.0 Å². The molecule has 1 aromatic carbocycles. The van der Waals surface area contributed by atoms with Gasteiger partial charge in [-0.15, -0.1) is 12.4 Å².